The number of nitrogen functional groups attached to an aromatic ring is 2. The van der Waals surface area contributed by atoms with Crippen LogP contribution in [0.4, 0.5) is 11.8 Å². The second-order valence-electron chi connectivity index (χ2n) is 5.56. The number of aryl methyl sites for hydroxylation is 1. The molecule has 4 N–H and O–H groups in total. The molecule has 0 amide bonds. The van der Waals surface area contributed by atoms with Crippen molar-refractivity contribution in [1.29, 1.82) is 0 Å². The number of hydrogen-bond acceptors (Lipinski definition) is 7. The van der Waals surface area contributed by atoms with E-state index < -0.39 is 0 Å². The van der Waals surface area contributed by atoms with Crippen LogP contribution in [0.15, 0.2) is 53.3 Å². The van der Waals surface area contributed by atoms with Crippen molar-refractivity contribution >= 4 is 22.7 Å². The number of benzene rings is 1. The van der Waals surface area contributed by atoms with Gasteiger partial charge in [0, 0.05) is 17.8 Å². The Morgan fingerprint density at radius 2 is 1.92 bits per heavy atom. The quantitative estimate of drug-likeness (QED) is 0.589. The van der Waals surface area contributed by atoms with E-state index in [1.807, 2.05) is 31.2 Å². The number of rotatable bonds is 3. The van der Waals surface area contributed by atoms with E-state index in [-0.39, 0.29) is 5.95 Å². The molecule has 0 saturated carbocycles. The second-order valence-corrected chi connectivity index (χ2v) is 5.56. The third kappa shape index (κ3) is 2.83. The molecular formula is C18H15N5O2. The molecule has 0 aliphatic heterocycles. The predicted molar refractivity (Wildman–Crippen MR) is 95.1 cm³/mol. The second kappa shape index (κ2) is 5.79. The molecule has 4 rings (SSSR count). The number of ether oxygens (including phenoxy) is 1. The lowest BCUT2D eigenvalue weighted by molar-refractivity contribution is 0.468. The highest BCUT2D eigenvalue weighted by Gasteiger charge is 2.10. The number of hydrogen-bond donors (Lipinski definition) is 2. The van der Waals surface area contributed by atoms with E-state index in [0.717, 1.165) is 22.1 Å². The first-order chi connectivity index (χ1) is 12.1. The highest BCUT2D eigenvalue weighted by molar-refractivity contribution is 5.82. The molecule has 0 radical (unpaired) electrons. The van der Waals surface area contributed by atoms with Crippen LogP contribution in [0.2, 0.25) is 0 Å². The first kappa shape index (κ1) is 14.9. The molecule has 0 aliphatic rings. The van der Waals surface area contributed by atoms with Crippen molar-refractivity contribution in [3.05, 3.63) is 54.4 Å². The summed E-state index contributed by atoms with van der Waals surface area (Å²) < 4.78 is 11.3. The number of aromatic nitrogens is 3. The van der Waals surface area contributed by atoms with Crippen LogP contribution in [0.1, 0.15) is 5.56 Å². The van der Waals surface area contributed by atoms with Gasteiger partial charge in [-0.15, -0.1) is 0 Å². The fourth-order valence-electron chi connectivity index (χ4n) is 2.67. The fraction of sp³-hybridized carbons (Fsp3) is 0.0556. The fourth-order valence-corrected chi connectivity index (χ4v) is 2.67. The van der Waals surface area contributed by atoms with Gasteiger partial charge in [0.25, 0.3) is 0 Å². The Labute approximate surface area is 143 Å². The molecule has 0 fully saturated rings. The highest BCUT2D eigenvalue weighted by Crippen LogP contribution is 2.31. The predicted octanol–water partition coefficient (Wildman–Crippen LogP) is 3.55. The summed E-state index contributed by atoms with van der Waals surface area (Å²) in [5.74, 6) is 1.63. The minimum atomic E-state index is 0.144. The van der Waals surface area contributed by atoms with E-state index in [1.165, 1.54) is 0 Å². The summed E-state index contributed by atoms with van der Waals surface area (Å²) in [6.45, 7) is 1.96. The van der Waals surface area contributed by atoms with E-state index in [1.54, 1.807) is 24.6 Å². The standard InChI is InChI=1S/C18H15N5O2/c1-10-8-11(25-17-13-5-7-24-15(13)4-6-21-17)2-3-12(10)14-9-16(19)23-18(20)22-14/h2-9H,1H3,(H4,19,20,22,23). The van der Waals surface area contributed by atoms with Gasteiger partial charge in [-0.05, 0) is 42.8 Å². The average Bonchev–Trinajstić information content (AvgIpc) is 3.04. The largest absolute Gasteiger partial charge is 0.464 e. The van der Waals surface area contributed by atoms with Gasteiger partial charge in [0.1, 0.15) is 17.2 Å². The monoisotopic (exact) mass is 333 g/mol. The van der Waals surface area contributed by atoms with Crippen molar-refractivity contribution < 1.29 is 9.15 Å². The maximum atomic E-state index is 5.92. The molecule has 1 aromatic carbocycles. The van der Waals surface area contributed by atoms with Gasteiger partial charge < -0.3 is 20.6 Å². The Kier molecular flexibility index (Phi) is 3.46. The van der Waals surface area contributed by atoms with E-state index in [4.69, 9.17) is 20.6 Å². The molecule has 7 heteroatoms. The SMILES string of the molecule is Cc1cc(Oc2nccc3occc23)ccc1-c1cc(N)nc(N)n1. The van der Waals surface area contributed by atoms with Crippen LogP contribution in [0.3, 0.4) is 0 Å². The molecule has 3 aromatic heterocycles. The summed E-state index contributed by atoms with van der Waals surface area (Å²) in [6.07, 6.45) is 3.26. The smallest absolute Gasteiger partial charge is 0.230 e. The van der Waals surface area contributed by atoms with Crippen LogP contribution in [0.5, 0.6) is 11.6 Å². The van der Waals surface area contributed by atoms with Crippen LogP contribution < -0.4 is 16.2 Å². The number of fused-ring (bicyclic) bond motifs is 1. The third-order valence-electron chi connectivity index (χ3n) is 3.79. The van der Waals surface area contributed by atoms with Crippen molar-refractivity contribution in [3.63, 3.8) is 0 Å². The topological polar surface area (TPSA) is 113 Å². The zero-order valence-corrected chi connectivity index (χ0v) is 13.4. The van der Waals surface area contributed by atoms with Crippen molar-refractivity contribution in [2.75, 3.05) is 11.5 Å². The molecule has 0 spiro atoms. The molecule has 0 unspecified atom stereocenters. The van der Waals surface area contributed by atoms with E-state index in [2.05, 4.69) is 15.0 Å². The molecule has 3 heterocycles. The molecule has 0 saturated heterocycles. The van der Waals surface area contributed by atoms with Crippen LogP contribution in [-0.4, -0.2) is 15.0 Å². The maximum absolute atomic E-state index is 5.92. The van der Waals surface area contributed by atoms with Crippen LogP contribution in [-0.2, 0) is 0 Å². The number of furan rings is 1. The van der Waals surface area contributed by atoms with Gasteiger partial charge in [0.15, 0.2) is 0 Å². The van der Waals surface area contributed by atoms with Crippen LogP contribution in [0, 0.1) is 6.92 Å². The maximum Gasteiger partial charge on any atom is 0.230 e. The van der Waals surface area contributed by atoms with Gasteiger partial charge in [-0.25, -0.2) is 9.97 Å². The Hall–Kier alpha value is -3.61. The third-order valence-corrected chi connectivity index (χ3v) is 3.79. The lowest BCUT2D eigenvalue weighted by atomic mass is 10.1. The number of nitrogens with zero attached hydrogens (tertiary/aromatic N) is 3. The summed E-state index contributed by atoms with van der Waals surface area (Å²) in [6, 6.07) is 11.0. The summed E-state index contributed by atoms with van der Waals surface area (Å²) in [4.78, 5) is 12.4. The van der Waals surface area contributed by atoms with Gasteiger partial charge in [-0.3, -0.25) is 0 Å². The Morgan fingerprint density at radius 1 is 1.04 bits per heavy atom. The zero-order valence-electron chi connectivity index (χ0n) is 13.4. The molecule has 0 atom stereocenters. The Bertz CT molecular complexity index is 1050. The summed E-state index contributed by atoms with van der Waals surface area (Å²) in [5, 5.41) is 0.820. The number of pyridine rings is 1. The van der Waals surface area contributed by atoms with Crippen LogP contribution in [0.25, 0.3) is 22.2 Å². The van der Waals surface area contributed by atoms with Gasteiger partial charge in [-0.1, -0.05) is 0 Å². The first-order valence-electron chi connectivity index (χ1n) is 7.61. The Balaban J connectivity index is 1.69. The van der Waals surface area contributed by atoms with Crippen molar-refractivity contribution in [2.45, 2.75) is 6.92 Å². The summed E-state index contributed by atoms with van der Waals surface area (Å²) in [5.41, 5.74) is 14.7. The summed E-state index contributed by atoms with van der Waals surface area (Å²) >= 11 is 0. The van der Waals surface area contributed by atoms with Crippen molar-refractivity contribution in [3.8, 4) is 22.9 Å². The first-order valence-corrected chi connectivity index (χ1v) is 7.61. The van der Waals surface area contributed by atoms with Crippen LogP contribution >= 0.6 is 0 Å². The van der Waals surface area contributed by atoms with Gasteiger partial charge in [0.2, 0.25) is 11.8 Å². The minimum absolute atomic E-state index is 0.144. The average molecular weight is 333 g/mol. The molecule has 0 aliphatic carbocycles. The lowest BCUT2D eigenvalue weighted by Gasteiger charge is -2.10. The highest BCUT2D eigenvalue weighted by atomic mass is 16.5. The molecule has 0 bridgehead atoms. The summed E-state index contributed by atoms with van der Waals surface area (Å²) in [7, 11) is 0. The normalized spacial score (nSPS) is 10.9. The van der Waals surface area contributed by atoms with E-state index in [0.29, 0.717) is 23.1 Å². The molecule has 124 valence electrons. The molecule has 4 aromatic rings. The van der Waals surface area contributed by atoms with E-state index >= 15 is 0 Å². The van der Waals surface area contributed by atoms with E-state index in [9.17, 15) is 0 Å². The minimum Gasteiger partial charge on any atom is -0.464 e. The number of anilines is 2. The zero-order chi connectivity index (χ0) is 17.4. The van der Waals surface area contributed by atoms with Crippen molar-refractivity contribution in [1.82, 2.24) is 15.0 Å². The Morgan fingerprint density at radius 3 is 2.72 bits per heavy atom. The molecular weight excluding hydrogens is 318 g/mol. The molecule has 25 heavy (non-hydrogen) atoms. The number of nitrogens with two attached hydrogens (primary N) is 2. The van der Waals surface area contributed by atoms with Crippen molar-refractivity contribution in [2.24, 2.45) is 0 Å². The molecule has 7 nitrogen and oxygen atoms in total. The lowest BCUT2D eigenvalue weighted by Crippen LogP contribution is -2.01. The van der Waals surface area contributed by atoms with Gasteiger partial charge in [-0.2, -0.15) is 4.98 Å². The van der Waals surface area contributed by atoms with Gasteiger partial charge in [0.05, 0.1) is 17.3 Å². The van der Waals surface area contributed by atoms with Gasteiger partial charge >= 0.3 is 0 Å².